The molecule has 0 saturated carbocycles. The maximum atomic E-state index is 6.51. The minimum Gasteiger partial charge on any atom is -0.496 e. The number of benzene rings is 6. The van der Waals surface area contributed by atoms with Gasteiger partial charge in [0.2, 0.25) is 0 Å². The minimum absolute atomic E-state index is 0.881. The van der Waals surface area contributed by atoms with Crippen LogP contribution < -0.4 is 4.74 Å². The molecule has 0 bridgehead atoms. The molecule has 0 radical (unpaired) electrons. The highest BCUT2D eigenvalue weighted by molar-refractivity contribution is 6.42. The molecule has 2 heterocycles. The van der Waals surface area contributed by atoms with Crippen LogP contribution in [0.25, 0.3) is 81.7 Å². The van der Waals surface area contributed by atoms with Gasteiger partial charge in [-0.3, -0.25) is 0 Å². The summed E-state index contributed by atoms with van der Waals surface area (Å²) in [5.41, 5.74) is 5.37. The van der Waals surface area contributed by atoms with Crippen LogP contribution in [0.4, 0.5) is 0 Å². The maximum Gasteiger partial charge on any atom is 0.136 e. The van der Waals surface area contributed by atoms with Crippen molar-refractivity contribution in [3.05, 3.63) is 97.1 Å². The fourth-order valence-corrected chi connectivity index (χ4v) is 6.62. The Morgan fingerprint density at radius 2 is 1.19 bits per heavy atom. The molecule has 36 heavy (non-hydrogen) atoms. The zero-order valence-corrected chi connectivity index (χ0v) is 19.5. The van der Waals surface area contributed by atoms with Crippen LogP contribution in [0, 0.1) is 0 Å². The second-order valence-corrected chi connectivity index (χ2v) is 9.65. The number of hydrogen-bond donors (Lipinski definition) is 0. The number of para-hydroxylation sites is 1. The van der Waals surface area contributed by atoms with E-state index >= 15 is 0 Å². The van der Waals surface area contributed by atoms with Gasteiger partial charge in [0, 0.05) is 38.0 Å². The van der Waals surface area contributed by atoms with Crippen molar-refractivity contribution in [1.29, 1.82) is 0 Å². The lowest BCUT2D eigenvalue weighted by Crippen LogP contribution is -1.92. The quantitative estimate of drug-likeness (QED) is 0.257. The fourth-order valence-electron chi connectivity index (χ4n) is 6.62. The van der Waals surface area contributed by atoms with E-state index in [1.165, 1.54) is 59.5 Å². The molecule has 0 aliphatic heterocycles. The Hall–Kier alpha value is -4.76. The molecule has 0 N–H and O–H groups in total. The van der Waals surface area contributed by atoms with Crippen LogP contribution in [0.1, 0.15) is 0 Å². The van der Waals surface area contributed by atoms with E-state index in [-0.39, 0.29) is 0 Å². The normalized spacial score (nSPS) is 12.6. The van der Waals surface area contributed by atoms with Crippen LogP contribution >= 0.6 is 0 Å². The Labute approximate surface area is 205 Å². The van der Waals surface area contributed by atoms with E-state index in [2.05, 4.69) is 102 Å². The Bertz CT molecular complexity index is 2290. The number of ether oxygens (including phenoxy) is 1. The van der Waals surface area contributed by atoms with E-state index in [0.29, 0.717) is 0 Å². The zero-order chi connectivity index (χ0) is 23.5. The molecule has 2 aromatic heterocycles. The fraction of sp³-hybridized carbons (Fsp3) is 0.0303. The Morgan fingerprint density at radius 3 is 2.03 bits per heavy atom. The predicted molar refractivity (Wildman–Crippen MR) is 150 cm³/mol. The SMILES string of the molecule is COc1ccc2ccc3oc4ccc5c6c4c3c2c1c1cccc2ccc(c6c21)n5-c1ccccc1. The number of methoxy groups -OCH3 is 1. The van der Waals surface area contributed by atoms with E-state index in [9.17, 15) is 0 Å². The van der Waals surface area contributed by atoms with E-state index < -0.39 is 0 Å². The summed E-state index contributed by atoms with van der Waals surface area (Å²) < 4.78 is 14.9. The topological polar surface area (TPSA) is 27.3 Å². The summed E-state index contributed by atoms with van der Waals surface area (Å²) >= 11 is 0. The van der Waals surface area contributed by atoms with Crippen molar-refractivity contribution in [2.24, 2.45) is 0 Å². The van der Waals surface area contributed by atoms with Crippen molar-refractivity contribution in [2.45, 2.75) is 0 Å². The van der Waals surface area contributed by atoms with Crippen LogP contribution in [-0.4, -0.2) is 11.7 Å². The molecule has 3 nitrogen and oxygen atoms in total. The molecular formula is C33H19NO2. The molecule has 168 valence electrons. The Kier molecular flexibility index (Phi) is 3.23. The smallest absolute Gasteiger partial charge is 0.136 e. The molecule has 9 aromatic rings. The van der Waals surface area contributed by atoms with Crippen molar-refractivity contribution in [3.8, 4) is 11.4 Å². The van der Waals surface area contributed by atoms with Gasteiger partial charge in [0.05, 0.1) is 18.1 Å². The van der Waals surface area contributed by atoms with Crippen molar-refractivity contribution in [3.63, 3.8) is 0 Å². The summed E-state index contributed by atoms with van der Waals surface area (Å²) in [5, 5.41) is 12.1. The predicted octanol–water partition coefficient (Wildman–Crippen LogP) is 9.03. The van der Waals surface area contributed by atoms with Crippen LogP contribution in [0.5, 0.6) is 5.75 Å². The highest BCUT2D eigenvalue weighted by atomic mass is 16.5. The summed E-state index contributed by atoms with van der Waals surface area (Å²) in [4.78, 5) is 0. The van der Waals surface area contributed by atoms with Gasteiger partial charge in [-0.1, -0.05) is 54.6 Å². The third-order valence-corrected chi connectivity index (χ3v) is 7.98. The standard InChI is InChI=1S/C33H19NO2/c1-35-24-15-11-19-12-16-25-32-28(19)29(24)21-9-5-6-18-10-13-22-30(27(18)21)31-23(14-17-26(36-25)33(31)32)34(22)20-7-3-2-4-8-20/h2-17H,1H3. The number of rotatable bonds is 2. The lowest BCUT2D eigenvalue weighted by molar-refractivity contribution is 0.420. The van der Waals surface area contributed by atoms with Gasteiger partial charge in [-0.05, 0) is 64.0 Å². The molecule has 0 spiro atoms. The van der Waals surface area contributed by atoms with Gasteiger partial charge in [-0.25, -0.2) is 0 Å². The van der Waals surface area contributed by atoms with Gasteiger partial charge >= 0.3 is 0 Å². The minimum atomic E-state index is 0.881. The molecule has 0 fully saturated rings. The van der Waals surface area contributed by atoms with E-state index in [1.807, 2.05) is 0 Å². The average molecular weight is 462 g/mol. The van der Waals surface area contributed by atoms with Gasteiger partial charge in [0.1, 0.15) is 16.9 Å². The Morgan fingerprint density at radius 1 is 0.528 bits per heavy atom. The van der Waals surface area contributed by atoms with Gasteiger partial charge in [0.15, 0.2) is 0 Å². The third kappa shape index (κ3) is 2.03. The second-order valence-electron chi connectivity index (χ2n) is 9.65. The number of furan rings is 1. The van der Waals surface area contributed by atoms with E-state index in [1.54, 1.807) is 7.11 Å². The lowest BCUT2D eigenvalue weighted by Gasteiger charge is -2.13. The van der Waals surface area contributed by atoms with Crippen LogP contribution in [-0.2, 0) is 0 Å². The first-order valence-corrected chi connectivity index (χ1v) is 12.2. The molecule has 0 amide bonds. The first kappa shape index (κ1) is 18.6. The van der Waals surface area contributed by atoms with E-state index in [4.69, 9.17) is 9.15 Å². The second kappa shape index (κ2) is 6.27. The first-order valence-electron chi connectivity index (χ1n) is 12.2. The van der Waals surface area contributed by atoms with Gasteiger partial charge in [-0.15, -0.1) is 0 Å². The molecule has 0 unspecified atom stereocenters. The number of aromatic nitrogens is 1. The van der Waals surface area contributed by atoms with Crippen LogP contribution in [0.15, 0.2) is 101 Å². The molecule has 0 aliphatic carbocycles. The largest absolute Gasteiger partial charge is 0.496 e. The van der Waals surface area contributed by atoms with Crippen molar-refractivity contribution < 1.29 is 9.15 Å². The van der Waals surface area contributed by atoms with Gasteiger partial charge in [0.25, 0.3) is 0 Å². The molecule has 3 heteroatoms. The summed E-state index contributed by atoms with van der Waals surface area (Å²) in [5.74, 6) is 0.881. The van der Waals surface area contributed by atoms with Crippen molar-refractivity contribution in [2.75, 3.05) is 7.11 Å². The number of fused-ring (bicyclic) bond motifs is 1. The lowest BCUT2D eigenvalue weighted by atomic mass is 9.90. The van der Waals surface area contributed by atoms with Gasteiger partial charge < -0.3 is 13.7 Å². The van der Waals surface area contributed by atoms with Crippen LogP contribution in [0.3, 0.4) is 0 Å². The summed E-state index contributed by atoms with van der Waals surface area (Å²) in [6.07, 6.45) is 0. The summed E-state index contributed by atoms with van der Waals surface area (Å²) in [6, 6.07) is 34.7. The number of nitrogens with zero attached hydrogens (tertiary/aromatic N) is 1. The molecular weight excluding hydrogens is 442 g/mol. The highest BCUT2D eigenvalue weighted by Crippen LogP contribution is 2.50. The van der Waals surface area contributed by atoms with Gasteiger partial charge in [-0.2, -0.15) is 0 Å². The molecule has 7 aromatic carbocycles. The number of hydrogen-bond acceptors (Lipinski definition) is 2. The maximum absolute atomic E-state index is 6.51. The molecule has 0 saturated heterocycles. The molecule has 0 atom stereocenters. The summed E-state index contributed by atoms with van der Waals surface area (Å²) in [6.45, 7) is 0. The first-order chi connectivity index (χ1) is 17.8. The molecule has 9 rings (SSSR count). The molecule has 0 aliphatic rings. The Balaban J connectivity index is 1.76. The average Bonchev–Trinajstić information content (AvgIpc) is 3.47. The van der Waals surface area contributed by atoms with E-state index in [0.717, 1.165) is 28.0 Å². The van der Waals surface area contributed by atoms with Crippen molar-refractivity contribution >= 4 is 76.1 Å². The highest BCUT2D eigenvalue weighted by Gasteiger charge is 2.25. The summed E-state index contributed by atoms with van der Waals surface area (Å²) in [7, 11) is 1.76. The zero-order valence-electron chi connectivity index (χ0n) is 19.5. The van der Waals surface area contributed by atoms with Crippen molar-refractivity contribution in [1.82, 2.24) is 4.57 Å². The third-order valence-electron chi connectivity index (χ3n) is 7.98. The van der Waals surface area contributed by atoms with Crippen LogP contribution in [0.2, 0.25) is 0 Å². The monoisotopic (exact) mass is 461 g/mol.